The third-order valence-corrected chi connectivity index (χ3v) is 1.78. The van der Waals surface area contributed by atoms with Crippen LogP contribution in [-0.4, -0.2) is 23.8 Å². The highest BCUT2D eigenvalue weighted by Crippen LogP contribution is 2.10. The maximum atomic E-state index is 4.14. The summed E-state index contributed by atoms with van der Waals surface area (Å²) >= 11 is 0. The second-order valence-electron chi connectivity index (χ2n) is 2.86. The fourth-order valence-corrected chi connectivity index (χ4v) is 1.20. The van der Waals surface area contributed by atoms with E-state index in [1.54, 1.807) is 0 Å². The molecule has 3 heteroatoms. The fraction of sp³-hybridized carbons (Fsp3) is 0.222. The van der Waals surface area contributed by atoms with Crippen LogP contribution in [0, 0.1) is 6.33 Å². The van der Waals surface area contributed by atoms with Crippen LogP contribution in [-0.2, 0) is 0 Å². The largest absolute Gasteiger partial charge is 0.317 e. The van der Waals surface area contributed by atoms with E-state index in [2.05, 4.69) is 11.3 Å². The van der Waals surface area contributed by atoms with Crippen molar-refractivity contribution in [1.29, 1.82) is 0 Å². The van der Waals surface area contributed by atoms with Crippen molar-refractivity contribution < 1.29 is 0 Å². The van der Waals surface area contributed by atoms with Crippen LogP contribution in [0.15, 0.2) is 24.3 Å². The van der Waals surface area contributed by atoms with E-state index in [0.717, 1.165) is 11.0 Å². The van der Waals surface area contributed by atoms with Crippen LogP contribution >= 0.6 is 0 Å². The molecule has 1 heterocycles. The Bertz CT molecular complexity index is 389. The first kappa shape index (κ1) is 7.16. The van der Waals surface area contributed by atoms with Crippen molar-refractivity contribution in [2.75, 3.05) is 19.1 Å². The molecular weight excluding hydrogens is 150 g/mol. The Labute approximate surface area is 71.2 Å². The van der Waals surface area contributed by atoms with Crippen molar-refractivity contribution in [1.82, 2.24) is 9.66 Å². The lowest BCUT2D eigenvalue weighted by molar-refractivity contribution is 0.747. The Morgan fingerprint density at radius 1 is 1.33 bits per heavy atom. The van der Waals surface area contributed by atoms with Crippen molar-refractivity contribution in [3.05, 3.63) is 30.6 Å². The molecular formula is C9H10N3. The molecule has 0 atom stereocenters. The molecule has 0 amide bonds. The predicted octanol–water partition coefficient (Wildman–Crippen LogP) is 1.03. The summed E-state index contributed by atoms with van der Waals surface area (Å²) in [4.78, 5) is 4.14. The molecule has 0 aliphatic carbocycles. The van der Waals surface area contributed by atoms with Gasteiger partial charge in [0.05, 0.1) is 11.0 Å². The quantitative estimate of drug-likeness (QED) is 0.621. The van der Waals surface area contributed by atoms with Crippen LogP contribution in [0.1, 0.15) is 0 Å². The average molecular weight is 160 g/mol. The fourth-order valence-electron chi connectivity index (χ4n) is 1.20. The summed E-state index contributed by atoms with van der Waals surface area (Å²) in [5.41, 5.74) is 2.06. The summed E-state index contributed by atoms with van der Waals surface area (Å²) in [5.74, 6) is 0. The molecule has 1 aromatic heterocycles. The van der Waals surface area contributed by atoms with Gasteiger partial charge in [-0.15, -0.1) is 0 Å². The van der Waals surface area contributed by atoms with Crippen LogP contribution in [0.4, 0.5) is 0 Å². The van der Waals surface area contributed by atoms with Crippen LogP contribution in [0.25, 0.3) is 11.0 Å². The topological polar surface area (TPSA) is 21.1 Å². The molecule has 0 fully saturated rings. The number of imidazole rings is 1. The van der Waals surface area contributed by atoms with Gasteiger partial charge in [-0.25, -0.2) is 9.66 Å². The maximum Gasteiger partial charge on any atom is 0.198 e. The number of benzene rings is 1. The highest BCUT2D eigenvalue weighted by molar-refractivity contribution is 5.75. The molecule has 0 saturated heterocycles. The summed E-state index contributed by atoms with van der Waals surface area (Å²) in [6.07, 6.45) is 2.91. The Balaban J connectivity index is 2.70. The molecule has 2 rings (SSSR count). The maximum absolute atomic E-state index is 4.14. The zero-order valence-electron chi connectivity index (χ0n) is 7.15. The van der Waals surface area contributed by atoms with E-state index in [9.17, 15) is 0 Å². The van der Waals surface area contributed by atoms with Gasteiger partial charge in [0.25, 0.3) is 0 Å². The number of nitrogens with zero attached hydrogens (tertiary/aromatic N) is 3. The van der Waals surface area contributed by atoms with Gasteiger partial charge in [0.2, 0.25) is 0 Å². The molecule has 3 nitrogen and oxygen atoms in total. The van der Waals surface area contributed by atoms with Crippen LogP contribution in [0.2, 0.25) is 0 Å². The molecule has 2 aromatic rings. The van der Waals surface area contributed by atoms with Crippen molar-refractivity contribution >= 4 is 11.0 Å². The highest BCUT2D eigenvalue weighted by Gasteiger charge is 2.01. The van der Waals surface area contributed by atoms with Crippen molar-refractivity contribution in [2.24, 2.45) is 0 Å². The lowest BCUT2D eigenvalue weighted by atomic mass is 10.3. The summed E-state index contributed by atoms with van der Waals surface area (Å²) < 4.78 is 1.88. The number of hydrogen-bond donors (Lipinski definition) is 0. The predicted molar refractivity (Wildman–Crippen MR) is 48.6 cm³/mol. The van der Waals surface area contributed by atoms with Gasteiger partial charge in [0, 0.05) is 14.1 Å². The van der Waals surface area contributed by atoms with Crippen molar-refractivity contribution in [3.8, 4) is 0 Å². The van der Waals surface area contributed by atoms with Gasteiger partial charge in [0.15, 0.2) is 6.33 Å². The van der Waals surface area contributed by atoms with Gasteiger partial charge < -0.3 is 5.01 Å². The van der Waals surface area contributed by atoms with Gasteiger partial charge in [-0.2, -0.15) is 0 Å². The first-order chi connectivity index (χ1) is 5.79. The SMILES string of the molecule is CN(C)n1[c]nc2ccccc21. The molecule has 0 bridgehead atoms. The Morgan fingerprint density at radius 3 is 2.83 bits per heavy atom. The summed E-state index contributed by atoms with van der Waals surface area (Å²) in [6, 6.07) is 7.98. The zero-order chi connectivity index (χ0) is 8.55. The van der Waals surface area contributed by atoms with E-state index in [1.165, 1.54) is 0 Å². The zero-order valence-corrected chi connectivity index (χ0v) is 7.15. The number of fused-ring (bicyclic) bond motifs is 1. The van der Waals surface area contributed by atoms with Gasteiger partial charge in [-0.05, 0) is 12.1 Å². The van der Waals surface area contributed by atoms with Gasteiger partial charge in [-0.3, -0.25) is 0 Å². The molecule has 0 N–H and O–H groups in total. The van der Waals surface area contributed by atoms with E-state index in [1.807, 2.05) is 48.0 Å². The number of aromatic nitrogens is 2. The minimum absolute atomic E-state index is 0.978. The van der Waals surface area contributed by atoms with Gasteiger partial charge in [0.1, 0.15) is 0 Å². The number of rotatable bonds is 1. The highest BCUT2D eigenvalue weighted by atomic mass is 15.5. The first-order valence-corrected chi connectivity index (χ1v) is 3.82. The lowest BCUT2D eigenvalue weighted by Crippen LogP contribution is -2.23. The monoisotopic (exact) mass is 160 g/mol. The van der Waals surface area contributed by atoms with Gasteiger partial charge >= 0.3 is 0 Å². The lowest BCUT2D eigenvalue weighted by Gasteiger charge is -2.13. The van der Waals surface area contributed by atoms with Crippen LogP contribution in [0.5, 0.6) is 0 Å². The van der Waals surface area contributed by atoms with Crippen LogP contribution < -0.4 is 5.01 Å². The average Bonchev–Trinajstić information content (AvgIpc) is 2.47. The van der Waals surface area contributed by atoms with Gasteiger partial charge in [-0.1, -0.05) is 12.1 Å². The Hall–Kier alpha value is -1.51. The minimum atomic E-state index is 0.978. The molecule has 1 radical (unpaired) electrons. The smallest absolute Gasteiger partial charge is 0.198 e. The minimum Gasteiger partial charge on any atom is -0.317 e. The molecule has 0 aliphatic heterocycles. The van der Waals surface area contributed by atoms with Crippen molar-refractivity contribution in [2.45, 2.75) is 0 Å². The third kappa shape index (κ3) is 0.942. The Morgan fingerprint density at radius 2 is 2.08 bits per heavy atom. The summed E-state index contributed by atoms with van der Waals surface area (Å²) in [6.45, 7) is 0. The molecule has 0 unspecified atom stereocenters. The van der Waals surface area contributed by atoms with E-state index in [4.69, 9.17) is 0 Å². The van der Waals surface area contributed by atoms with Crippen LogP contribution in [0.3, 0.4) is 0 Å². The van der Waals surface area contributed by atoms with E-state index < -0.39 is 0 Å². The molecule has 12 heavy (non-hydrogen) atoms. The summed E-state index contributed by atoms with van der Waals surface area (Å²) in [7, 11) is 3.93. The first-order valence-electron chi connectivity index (χ1n) is 3.82. The number of para-hydroxylation sites is 2. The Kier molecular flexibility index (Phi) is 1.50. The molecule has 0 aliphatic rings. The molecule has 1 aromatic carbocycles. The molecule has 0 saturated carbocycles. The van der Waals surface area contributed by atoms with E-state index in [-0.39, 0.29) is 0 Å². The van der Waals surface area contributed by atoms with E-state index >= 15 is 0 Å². The van der Waals surface area contributed by atoms with E-state index in [0.29, 0.717) is 0 Å². The second-order valence-corrected chi connectivity index (χ2v) is 2.86. The second kappa shape index (κ2) is 2.52. The summed E-state index contributed by atoms with van der Waals surface area (Å²) in [5, 5.41) is 1.94. The molecule has 61 valence electrons. The normalized spacial score (nSPS) is 10.5. The van der Waals surface area contributed by atoms with Crippen molar-refractivity contribution in [3.63, 3.8) is 0 Å². The standard InChI is InChI=1S/C9H10N3/c1-11(2)12-7-10-8-5-3-4-6-9(8)12/h3-6H,1-2H3. The molecule has 0 spiro atoms. The third-order valence-electron chi connectivity index (χ3n) is 1.78. The number of hydrogen-bond acceptors (Lipinski definition) is 2.